The first-order valence-corrected chi connectivity index (χ1v) is 11.2. The minimum Gasteiger partial charge on any atom is -0.485 e. The molecule has 0 aliphatic heterocycles. The predicted octanol–water partition coefficient (Wildman–Crippen LogP) is 4.18. The number of thioether (sulfide) groups is 1. The van der Waals surface area contributed by atoms with Crippen molar-refractivity contribution >= 4 is 29.3 Å². The highest BCUT2D eigenvalue weighted by Gasteiger charge is 2.15. The minimum absolute atomic E-state index is 0.121. The summed E-state index contributed by atoms with van der Waals surface area (Å²) in [4.78, 5) is 24.1. The number of esters is 1. The third-order valence-electron chi connectivity index (χ3n) is 4.69. The Hall–Kier alpha value is -3.59. The predicted molar refractivity (Wildman–Crippen MR) is 128 cm³/mol. The lowest BCUT2D eigenvalue weighted by Crippen LogP contribution is -2.15. The van der Waals surface area contributed by atoms with Gasteiger partial charge in [0.05, 0.1) is 18.4 Å². The van der Waals surface area contributed by atoms with Crippen LogP contribution in [0, 0.1) is 13.8 Å². The van der Waals surface area contributed by atoms with E-state index in [2.05, 4.69) is 28.2 Å². The Bertz CT molecular complexity index is 1160. The molecule has 3 aromatic rings. The van der Waals surface area contributed by atoms with E-state index < -0.39 is 5.97 Å². The van der Waals surface area contributed by atoms with E-state index in [1.165, 1.54) is 24.4 Å². The van der Waals surface area contributed by atoms with Crippen LogP contribution in [0.2, 0.25) is 0 Å². The molecule has 0 aliphatic carbocycles. The van der Waals surface area contributed by atoms with E-state index in [4.69, 9.17) is 9.47 Å². The number of methoxy groups -OCH3 is 1. The largest absolute Gasteiger partial charge is 0.485 e. The lowest BCUT2D eigenvalue weighted by molar-refractivity contribution is -0.113. The number of carbonyl (C=O) groups excluding carboxylic acids is 2. The fraction of sp³-hybridized carbons (Fsp3) is 0.250. The van der Waals surface area contributed by atoms with Gasteiger partial charge in [0.25, 0.3) is 0 Å². The van der Waals surface area contributed by atoms with Crippen molar-refractivity contribution < 1.29 is 19.1 Å². The molecule has 2 aromatic carbocycles. The van der Waals surface area contributed by atoms with Gasteiger partial charge in [-0.05, 0) is 43.7 Å². The molecule has 1 heterocycles. The van der Waals surface area contributed by atoms with Crippen molar-refractivity contribution in [2.75, 3.05) is 18.2 Å². The molecule has 0 spiro atoms. The van der Waals surface area contributed by atoms with E-state index in [0.29, 0.717) is 28.8 Å². The average molecular weight is 467 g/mol. The Morgan fingerprint density at radius 3 is 2.73 bits per heavy atom. The first kappa shape index (κ1) is 24.1. The number of carbonyl (C=O) groups is 2. The van der Waals surface area contributed by atoms with Crippen LogP contribution in [0.25, 0.3) is 0 Å². The summed E-state index contributed by atoms with van der Waals surface area (Å²) < 4.78 is 12.5. The second-order valence-corrected chi connectivity index (χ2v) is 8.21. The third-order valence-corrected chi connectivity index (χ3v) is 5.66. The molecule has 3 rings (SSSR count). The van der Waals surface area contributed by atoms with E-state index in [1.807, 2.05) is 30.5 Å². The highest BCUT2D eigenvalue weighted by Crippen LogP contribution is 2.22. The van der Waals surface area contributed by atoms with Gasteiger partial charge in [0.1, 0.15) is 12.4 Å². The number of hydrogen-bond donors (Lipinski definition) is 1. The molecule has 1 amide bonds. The summed E-state index contributed by atoms with van der Waals surface area (Å²) in [5, 5.41) is 11.8. The van der Waals surface area contributed by atoms with Crippen molar-refractivity contribution in [3.05, 3.63) is 77.6 Å². The van der Waals surface area contributed by atoms with Crippen LogP contribution in [0.15, 0.2) is 60.3 Å². The number of amides is 1. The van der Waals surface area contributed by atoms with E-state index in [1.54, 1.807) is 30.3 Å². The van der Waals surface area contributed by atoms with Gasteiger partial charge in [-0.1, -0.05) is 41.6 Å². The normalized spacial score (nSPS) is 10.5. The number of nitrogens with zero attached hydrogens (tertiary/aromatic N) is 3. The van der Waals surface area contributed by atoms with E-state index >= 15 is 0 Å². The number of hydrogen-bond acceptors (Lipinski definition) is 7. The van der Waals surface area contributed by atoms with Gasteiger partial charge in [0.15, 0.2) is 11.0 Å². The smallest absolute Gasteiger partial charge is 0.337 e. The van der Waals surface area contributed by atoms with Crippen LogP contribution in [0.4, 0.5) is 5.69 Å². The number of aryl methyl sites for hydroxylation is 2. The molecule has 8 nitrogen and oxygen atoms in total. The van der Waals surface area contributed by atoms with Crippen molar-refractivity contribution in [2.45, 2.75) is 32.2 Å². The molecular formula is C24H26N4O4S. The fourth-order valence-electron chi connectivity index (χ4n) is 3.12. The summed E-state index contributed by atoms with van der Waals surface area (Å²) in [6, 6.07) is 12.6. The quantitative estimate of drug-likeness (QED) is 0.272. The molecule has 0 saturated heterocycles. The van der Waals surface area contributed by atoms with Crippen LogP contribution in [0.1, 0.15) is 27.3 Å². The molecule has 1 aromatic heterocycles. The molecular weight excluding hydrogens is 440 g/mol. The Kier molecular flexibility index (Phi) is 8.26. The molecule has 0 bridgehead atoms. The molecule has 1 N–H and O–H groups in total. The standard InChI is InChI=1S/C24H26N4O4S/c1-5-11-28-21(14-32-20-10-9-16(2)12-17(20)3)26-27-24(28)33-15-22(29)25-19-8-6-7-18(13-19)23(30)31-4/h5-10,12-13H,1,11,14-15H2,2-4H3,(H,25,29). The first-order chi connectivity index (χ1) is 15.9. The van der Waals surface area contributed by atoms with Crippen molar-refractivity contribution in [2.24, 2.45) is 0 Å². The van der Waals surface area contributed by atoms with E-state index in [-0.39, 0.29) is 18.3 Å². The van der Waals surface area contributed by atoms with Crippen molar-refractivity contribution in [3.63, 3.8) is 0 Å². The molecule has 172 valence electrons. The summed E-state index contributed by atoms with van der Waals surface area (Å²) in [7, 11) is 1.31. The van der Waals surface area contributed by atoms with Gasteiger partial charge in [-0.15, -0.1) is 16.8 Å². The molecule has 0 unspecified atom stereocenters. The van der Waals surface area contributed by atoms with Crippen LogP contribution < -0.4 is 10.1 Å². The molecule has 0 radical (unpaired) electrons. The van der Waals surface area contributed by atoms with Crippen molar-refractivity contribution in [1.82, 2.24) is 14.8 Å². The van der Waals surface area contributed by atoms with Crippen molar-refractivity contribution in [1.29, 1.82) is 0 Å². The van der Waals surface area contributed by atoms with Crippen LogP contribution in [-0.2, 0) is 22.7 Å². The van der Waals surface area contributed by atoms with Crippen LogP contribution in [0.3, 0.4) is 0 Å². The van der Waals surface area contributed by atoms with Gasteiger partial charge in [-0.25, -0.2) is 4.79 Å². The van der Waals surface area contributed by atoms with Gasteiger partial charge in [0, 0.05) is 12.2 Å². The molecule has 0 fully saturated rings. The Balaban J connectivity index is 1.62. The monoisotopic (exact) mass is 466 g/mol. The molecule has 0 atom stereocenters. The summed E-state index contributed by atoms with van der Waals surface area (Å²) >= 11 is 1.26. The Labute approximate surface area is 197 Å². The highest BCUT2D eigenvalue weighted by atomic mass is 32.2. The summed E-state index contributed by atoms with van der Waals surface area (Å²) in [6.07, 6.45) is 1.74. The van der Waals surface area contributed by atoms with Gasteiger partial charge < -0.3 is 14.8 Å². The number of anilines is 1. The number of allylic oxidation sites excluding steroid dienone is 1. The fourth-order valence-corrected chi connectivity index (χ4v) is 3.88. The number of ether oxygens (including phenoxy) is 2. The van der Waals surface area contributed by atoms with Crippen LogP contribution >= 0.6 is 11.8 Å². The lowest BCUT2D eigenvalue weighted by Gasteiger charge is -2.11. The number of rotatable bonds is 10. The molecule has 0 aliphatic rings. The van der Waals surface area contributed by atoms with Gasteiger partial charge in [0.2, 0.25) is 5.91 Å². The lowest BCUT2D eigenvalue weighted by atomic mass is 10.1. The maximum absolute atomic E-state index is 12.4. The van der Waals surface area contributed by atoms with Crippen LogP contribution in [0.5, 0.6) is 5.75 Å². The topological polar surface area (TPSA) is 95.3 Å². The zero-order chi connectivity index (χ0) is 23.8. The van der Waals surface area contributed by atoms with Gasteiger partial charge in [-0.2, -0.15) is 0 Å². The average Bonchev–Trinajstić information content (AvgIpc) is 3.18. The number of nitrogens with one attached hydrogen (secondary N) is 1. The number of benzene rings is 2. The molecule has 9 heteroatoms. The highest BCUT2D eigenvalue weighted by molar-refractivity contribution is 7.99. The number of aromatic nitrogens is 3. The van der Waals surface area contributed by atoms with Crippen LogP contribution in [-0.4, -0.2) is 39.5 Å². The Morgan fingerprint density at radius 1 is 1.18 bits per heavy atom. The third kappa shape index (κ3) is 6.45. The second-order valence-electron chi connectivity index (χ2n) is 7.26. The Morgan fingerprint density at radius 2 is 2.00 bits per heavy atom. The maximum atomic E-state index is 12.4. The molecule has 33 heavy (non-hydrogen) atoms. The second kappa shape index (κ2) is 11.3. The first-order valence-electron chi connectivity index (χ1n) is 10.2. The van der Waals surface area contributed by atoms with E-state index in [9.17, 15) is 9.59 Å². The summed E-state index contributed by atoms with van der Waals surface area (Å²) in [6.45, 7) is 8.57. The summed E-state index contributed by atoms with van der Waals surface area (Å²) in [5.74, 6) is 0.854. The minimum atomic E-state index is -0.464. The van der Waals surface area contributed by atoms with E-state index in [0.717, 1.165) is 11.3 Å². The summed E-state index contributed by atoms with van der Waals surface area (Å²) in [5.41, 5.74) is 3.09. The van der Waals surface area contributed by atoms with Gasteiger partial charge >= 0.3 is 5.97 Å². The SMILES string of the molecule is C=CCn1c(COc2ccc(C)cc2C)nnc1SCC(=O)Nc1cccc(C(=O)OC)c1. The maximum Gasteiger partial charge on any atom is 0.337 e. The van der Waals surface area contributed by atoms with Crippen molar-refractivity contribution in [3.8, 4) is 5.75 Å². The zero-order valence-corrected chi connectivity index (χ0v) is 19.6. The van der Waals surface area contributed by atoms with Gasteiger partial charge in [-0.3, -0.25) is 9.36 Å². The zero-order valence-electron chi connectivity index (χ0n) is 18.8. The molecule has 0 saturated carbocycles.